The first-order valence-electron chi connectivity index (χ1n) is 5.62. The Morgan fingerprint density at radius 2 is 2.11 bits per heavy atom. The Kier molecular flexibility index (Phi) is 3.40. The zero-order chi connectivity index (χ0) is 13.1. The van der Waals surface area contributed by atoms with Crippen molar-refractivity contribution in [2.75, 3.05) is 18.4 Å². The van der Waals surface area contributed by atoms with E-state index in [1.54, 1.807) is 4.90 Å². The van der Waals surface area contributed by atoms with Crippen LogP contribution < -0.4 is 5.32 Å². The number of nitrogens with one attached hydrogen (secondary N) is 2. The number of likely N-dealkylation sites (tertiary alicyclic amines) is 1. The molecule has 1 aliphatic rings. The van der Waals surface area contributed by atoms with Crippen LogP contribution in [-0.4, -0.2) is 28.9 Å². The van der Waals surface area contributed by atoms with E-state index in [9.17, 15) is 14.5 Å². The highest BCUT2D eigenvalue weighted by molar-refractivity contribution is 5.91. The first-order valence-corrected chi connectivity index (χ1v) is 5.62. The Balaban J connectivity index is 2.14. The maximum Gasteiger partial charge on any atom is 0.271 e. The number of guanidine groups is 1. The van der Waals surface area contributed by atoms with E-state index in [0.717, 1.165) is 44.1 Å². The topological polar surface area (TPSA) is 82.3 Å². The van der Waals surface area contributed by atoms with E-state index in [4.69, 9.17) is 5.41 Å². The molecule has 0 aromatic heterocycles. The van der Waals surface area contributed by atoms with Gasteiger partial charge in [-0.05, 0) is 18.9 Å². The van der Waals surface area contributed by atoms with Crippen LogP contribution in [0.3, 0.4) is 0 Å². The van der Waals surface area contributed by atoms with Crippen LogP contribution in [0.5, 0.6) is 0 Å². The Labute approximate surface area is 103 Å². The minimum absolute atomic E-state index is 0.0406. The van der Waals surface area contributed by atoms with Gasteiger partial charge in [-0.3, -0.25) is 15.5 Å². The van der Waals surface area contributed by atoms with Gasteiger partial charge in [0.1, 0.15) is 5.82 Å². The summed E-state index contributed by atoms with van der Waals surface area (Å²) in [6.45, 7) is 1.50. The summed E-state index contributed by atoms with van der Waals surface area (Å²) in [5.74, 6) is -0.531. The van der Waals surface area contributed by atoms with Gasteiger partial charge in [-0.15, -0.1) is 0 Å². The molecule has 1 saturated heterocycles. The van der Waals surface area contributed by atoms with Gasteiger partial charge in [0.15, 0.2) is 5.96 Å². The number of nitro benzene ring substituents is 1. The lowest BCUT2D eigenvalue weighted by Crippen LogP contribution is -2.33. The molecule has 0 unspecified atom stereocenters. The molecule has 0 spiro atoms. The number of benzene rings is 1. The molecule has 2 N–H and O–H groups in total. The van der Waals surface area contributed by atoms with Crippen molar-refractivity contribution in [1.29, 1.82) is 5.41 Å². The van der Waals surface area contributed by atoms with Gasteiger partial charge >= 0.3 is 0 Å². The lowest BCUT2D eigenvalue weighted by atomic mass is 10.2. The molecule has 1 aromatic rings. The molecule has 1 aliphatic heterocycles. The van der Waals surface area contributed by atoms with Gasteiger partial charge in [-0.2, -0.15) is 0 Å². The van der Waals surface area contributed by atoms with Crippen LogP contribution in [0.2, 0.25) is 0 Å². The molecule has 2 rings (SSSR count). The number of anilines is 1. The van der Waals surface area contributed by atoms with Gasteiger partial charge < -0.3 is 10.2 Å². The predicted molar refractivity (Wildman–Crippen MR) is 65.2 cm³/mol. The molecule has 0 saturated carbocycles. The molecular formula is C11H13FN4O2. The number of non-ortho nitro benzene ring substituents is 1. The zero-order valence-electron chi connectivity index (χ0n) is 9.65. The van der Waals surface area contributed by atoms with E-state index in [0.29, 0.717) is 0 Å². The smallest absolute Gasteiger partial charge is 0.271 e. The lowest BCUT2D eigenvalue weighted by molar-refractivity contribution is -0.384. The van der Waals surface area contributed by atoms with Crippen molar-refractivity contribution in [2.45, 2.75) is 12.8 Å². The monoisotopic (exact) mass is 252 g/mol. The van der Waals surface area contributed by atoms with Gasteiger partial charge in [0.05, 0.1) is 10.6 Å². The van der Waals surface area contributed by atoms with Crippen molar-refractivity contribution in [3.63, 3.8) is 0 Å². The van der Waals surface area contributed by atoms with Crippen LogP contribution in [0.4, 0.5) is 15.8 Å². The van der Waals surface area contributed by atoms with Gasteiger partial charge in [0.2, 0.25) is 0 Å². The Morgan fingerprint density at radius 1 is 1.44 bits per heavy atom. The minimum atomic E-state index is -0.607. The first-order chi connectivity index (χ1) is 8.58. The number of hydrogen-bond donors (Lipinski definition) is 2. The second-order valence-corrected chi connectivity index (χ2v) is 4.09. The quantitative estimate of drug-likeness (QED) is 0.366. The summed E-state index contributed by atoms with van der Waals surface area (Å²) in [5, 5.41) is 21.0. The van der Waals surface area contributed by atoms with Crippen molar-refractivity contribution >= 4 is 17.3 Å². The fourth-order valence-corrected chi connectivity index (χ4v) is 1.87. The van der Waals surface area contributed by atoms with Crippen molar-refractivity contribution in [1.82, 2.24) is 4.90 Å². The van der Waals surface area contributed by atoms with Gasteiger partial charge in [0, 0.05) is 25.2 Å². The molecule has 0 atom stereocenters. The molecule has 1 fully saturated rings. The van der Waals surface area contributed by atoms with Gasteiger partial charge in [-0.1, -0.05) is 0 Å². The van der Waals surface area contributed by atoms with Crippen LogP contribution >= 0.6 is 0 Å². The number of halogens is 1. The summed E-state index contributed by atoms with van der Waals surface area (Å²) >= 11 is 0. The molecule has 96 valence electrons. The van der Waals surface area contributed by atoms with E-state index < -0.39 is 10.7 Å². The highest BCUT2D eigenvalue weighted by Crippen LogP contribution is 2.21. The van der Waals surface area contributed by atoms with E-state index in [2.05, 4.69) is 5.32 Å². The van der Waals surface area contributed by atoms with E-state index in [1.165, 1.54) is 0 Å². The largest absolute Gasteiger partial charge is 0.343 e. The summed E-state index contributed by atoms with van der Waals surface area (Å²) in [5.41, 5.74) is -0.241. The Hall–Kier alpha value is -2.18. The third-order valence-electron chi connectivity index (χ3n) is 2.84. The summed E-state index contributed by atoms with van der Waals surface area (Å²) in [4.78, 5) is 11.8. The zero-order valence-corrected chi connectivity index (χ0v) is 9.65. The van der Waals surface area contributed by atoms with Crippen LogP contribution in [0.1, 0.15) is 12.8 Å². The van der Waals surface area contributed by atoms with Gasteiger partial charge in [0.25, 0.3) is 5.69 Å². The Morgan fingerprint density at radius 3 is 2.72 bits per heavy atom. The van der Waals surface area contributed by atoms with Crippen molar-refractivity contribution in [2.24, 2.45) is 0 Å². The van der Waals surface area contributed by atoms with E-state index >= 15 is 0 Å². The normalized spacial score (nSPS) is 14.6. The summed E-state index contributed by atoms with van der Waals surface area (Å²) in [6, 6.07) is 3.22. The number of hydrogen-bond acceptors (Lipinski definition) is 3. The average molecular weight is 252 g/mol. The third kappa shape index (κ3) is 2.55. The first kappa shape index (κ1) is 12.3. The molecule has 18 heavy (non-hydrogen) atoms. The second-order valence-electron chi connectivity index (χ2n) is 4.09. The van der Waals surface area contributed by atoms with Crippen LogP contribution in [0.15, 0.2) is 18.2 Å². The molecule has 0 amide bonds. The SMILES string of the molecule is N=C(Nc1cc([N+](=O)[O-])ccc1F)N1CCCC1. The fraction of sp³-hybridized carbons (Fsp3) is 0.364. The fourth-order valence-electron chi connectivity index (χ4n) is 1.87. The second kappa shape index (κ2) is 4.99. The standard InChI is InChI=1S/C11H13FN4O2/c12-9-4-3-8(16(17)18)7-10(9)14-11(13)15-5-1-2-6-15/h3-4,7H,1-2,5-6H2,(H2,13,14). The molecule has 6 nitrogen and oxygen atoms in total. The highest BCUT2D eigenvalue weighted by atomic mass is 19.1. The van der Waals surface area contributed by atoms with Gasteiger partial charge in [-0.25, -0.2) is 4.39 Å². The van der Waals surface area contributed by atoms with Crippen LogP contribution in [0.25, 0.3) is 0 Å². The van der Waals surface area contributed by atoms with E-state index in [1.807, 2.05) is 0 Å². The highest BCUT2D eigenvalue weighted by Gasteiger charge is 2.17. The molecular weight excluding hydrogens is 239 g/mol. The minimum Gasteiger partial charge on any atom is -0.343 e. The molecule has 0 radical (unpaired) electrons. The van der Waals surface area contributed by atoms with Crippen molar-refractivity contribution in [3.8, 4) is 0 Å². The summed E-state index contributed by atoms with van der Waals surface area (Å²) in [7, 11) is 0. The van der Waals surface area contributed by atoms with Crippen LogP contribution in [-0.2, 0) is 0 Å². The molecule has 0 bridgehead atoms. The number of rotatable bonds is 2. The Bertz CT molecular complexity index is 486. The predicted octanol–water partition coefficient (Wildman–Crippen LogP) is 2.18. The number of nitrogens with zero attached hydrogens (tertiary/aromatic N) is 2. The van der Waals surface area contributed by atoms with E-state index in [-0.39, 0.29) is 17.3 Å². The maximum atomic E-state index is 13.5. The lowest BCUT2D eigenvalue weighted by Gasteiger charge is -2.19. The summed E-state index contributed by atoms with van der Waals surface area (Å²) < 4.78 is 13.5. The van der Waals surface area contributed by atoms with Crippen molar-refractivity contribution in [3.05, 3.63) is 34.1 Å². The molecule has 7 heteroatoms. The molecule has 1 aromatic carbocycles. The third-order valence-corrected chi connectivity index (χ3v) is 2.84. The maximum absolute atomic E-state index is 13.5. The summed E-state index contributed by atoms with van der Waals surface area (Å²) in [6.07, 6.45) is 2.00. The molecule has 1 heterocycles. The van der Waals surface area contributed by atoms with Crippen molar-refractivity contribution < 1.29 is 9.31 Å². The van der Waals surface area contributed by atoms with Crippen LogP contribution in [0, 0.1) is 21.3 Å². The number of nitro groups is 1. The molecule has 0 aliphatic carbocycles. The average Bonchev–Trinajstić information content (AvgIpc) is 2.85.